The topological polar surface area (TPSA) is 115 Å². The van der Waals surface area contributed by atoms with Crippen LogP contribution in [0.3, 0.4) is 0 Å². The zero-order valence-corrected chi connectivity index (χ0v) is 15.7. The number of carboxylic acids is 2. The Kier molecular flexibility index (Phi) is 9.37. The van der Waals surface area contributed by atoms with Gasteiger partial charge >= 0.3 is 11.9 Å². The second-order valence-corrected chi connectivity index (χ2v) is 8.70. The number of sulfonamides is 1. The minimum atomic E-state index is -2.98. The highest BCUT2D eigenvalue weighted by Crippen LogP contribution is 2.22. The molecular formula is C16H30N2O6S. The highest BCUT2D eigenvalue weighted by Gasteiger charge is 2.28. The number of hydrogen-bond acceptors (Lipinski definition) is 5. The van der Waals surface area contributed by atoms with Crippen LogP contribution in [0.4, 0.5) is 0 Å². The fourth-order valence-corrected chi connectivity index (χ4v) is 4.41. The van der Waals surface area contributed by atoms with Crippen LogP contribution < -0.4 is 0 Å². The van der Waals surface area contributed by atoms with Crippen molar-refractivity contribution in [3.63, 3.8) is 0 Å². The van der Waals surface area contributed by atoms with Crippen molar-refractivity contribution < 1.29 is 28.2 Å². The normalized spacial score (nSPS) is 21.5. The summed E-state index contributed by atoms with van der Waals surface area (Å²) in [5.74, 6) is -3.42. The Morgan fingerprint density at radius 2 is 1.32 bits per heavy atom. The minimum absolute atomic E-state index is 0.233. The maximum atomic E-state index is 11.8. The molecule has 2 rings (SSSR count). The van der Waals surface area contributed by atoms with Crippen LogP contribution in [0.1, 0.15) is 51.9 Å². The molecule has 0 aromatic carbocycles. The summed E-state index contributed by atoms with van der Waals surface area (Å²) in [5, 5.41) is 14.8. The standard InChI is InChI=1S/C14H28N2O2S.C2H2O4/c1-2-19(17,18)16-12-10-15(11-13-16)14-8-6-4-3-5-7-9-14;3-1(4)2(5)6/h14H,2-13H2,1H3;(H,3,4)(H,5,6). The number of nitrogens with zero attached hydrogens (tertiary/aromatic N) is 2. The van der Waals surface area contributed by atoms with Crippen molar-refractivity contribution in [1.82, 2.24) is 9.21 Å². The predicted octanol–water partition coefficient (Wildman–Crippen LogP) is 1.22. The Balaban J connectivity index is 0.000000450. The van der Waals surface area contributed by atoms with Gasteiger partial charge in [-0.25, -0.2) is 18.0 Å². The maximum absolute atomic E-state index is 11.8. The summed E-state index contributed by atoms with van der Waals surface area (Å²) in [7, 11) is -2.98. The second-order valence-electron chi connectivity index (χ2n) is 6.44. The molecule has 1 saturated carbocycles. The number of piperazine rings is 1. The summed E-state index contributed by atoms with van der Waals surface area (Å²) in [4.78, 5) is 20.7. The van der Waals surface area contributed by atoms with E-state index in [4.69, 9.17) is 19.8 Å². The first-order valence-corrected chi connectivity index (χ1v) is 10.6. The Labute approximate surface area is 149 Å². The smallest absolute Gasteiger partial charge is 0.414 e. The van der Waals surface area contributed by atoms with Crippen LogP contribution in [-0.4, -0.2) is 77.7 Å². The molecule has 1 aliphatic carbocycles. The fourth-order valence-electron chi connectivity index (χ4n) is 3.33. The summed E-state index contributed by atoms with van der Waals surface area (Å²) >= 11 is 0. The molecule has 25 heavy (non-hydrogen) atoms. The van der Waals surface area contributed by atoms with Crippen LogP contribution in [0.2, 0.25) is 0 Å². The lowest BCUT2D eigenvalue weighted by Gasteiger charge is -2.39. The van der Waals surface area contributed by atoms with Crippen molar-refractivity contribution in [1.29, 1.82) is 0 Å². The van der Waals surface area contributed by atoms with Crippen molar-refractivity contribution in [3.05, 3.63) is 0 Å². The van der Waals surface area contributed by atoms with E-state index in [0.29, 0.717) is 19.1 Å². The van der Waals surface area contributed by atoms with Gasteiger partial charge in [-0.2, -0.15) is 4.31 Å². The Morgan fingerprint density at radius 1 is 0.880 bits per heavy atom. The number of aliphatic carboxylic acids is 2. The molecule has 1 heterocycles. The molecule has 1 aliphatic heterocycles. The molecule has 0 aromatic rings. The highest BCUT2D eigenvalue weighted by atomic mass is 32.2. The molecule has 9 heteroatoms. The van der Waals surface area contributed by atoms with E-state index in [0.717, 1.165) is 13.1 Å². The van der Waals surface area contributed by atoms with Gasteiger partial charge in [-0.1, -0.05) is 32.1 Å². The van der Waals surface area contributed by atoms with Crippen LogP contribution >= 0.6 is 0 Å². The van der Waals surface area contributed by atoms with E-state index in [1.165, 1.54) is 44.9 Å². The predicted molar refractivity (Wildman–Crippen MR) is 94.0 cm³/mol. The van der Waals surface area contributed by atoms with E-state index in [2.05, 4.69) is 4.90 Å². The third kappa shape index (κ3) is 7.70. The third-order valence-corrected chi connectivity index (χ3v) is 6.69. The average Bonchev–Trinajstić information content (AvgIpc) is 2.55. The van der Waals surface area contributed by atoms with Gasteiger partial charge in [0, 0.05) is 32.2 Å². The van der Waals surface area contributed by atoms with Gasteiger partial charge in [0.1, 0.15) is 0 Å². The quantitative estimate of drug-likeness (QED) is 0.710. The van der Waals surface area contributed by atoms with Crippen LogP contribution in [0.25, 0.3) is 0 Å². The molecule has 0 spiro atoms. The van der Waals surface area contributed by atoms with E-state index >= 15 is 0 Å². The summed E-state index contributed by atoms with van der Waals surface area (Å²) in [6.07, 6.45) is 9.45. The summed E-state index contributed by atoms with van der Waals surface area (Å²) in [6, 6.07) is 0.701. The maximum Gasteiger partial charge on any atom is 0.414 e. The molecule has 2 fully saturated rings. The van der Waals surface area contributed by atoms with Gasteiger partial charge in [-0.05, 0) is 19.8 Å². The van der Waals surface area contributed by atoms with Crippen LogP contribution in [0.15, 0.2) is 0 Å². The van der Waals surface area contributed by atoms with Crippen LogP contribution in [-0.2, 0) is 19.6 Å². The fraction of sp³-hybridized carbons (Fsp3) is 0.875. The number of hydrogen-bond donors (Lipinski definition) is 2. The number of carboxylic acid groups (broad SMARTS) is 2. The second kappa shape index (κ2) is 10.7. The Morgan fingerprint density at radius 3 is 1.72 bits per heavy atom. The number of rotatable bonds is 3. The van der Waals surface area contributed by atoms with E-state index < -0.39 is 22.0 Å². The van der Waals surface area contributed by atoms with Crippen molar-refractivity contribution in [3.8, 4) is 0 Å². The largest absolute Gasteiger partial charge is 0.473 e. The van der Waals surface area contributed by atoms with Crippen molar-refractivity contribution in [2.75, 3.05) is 31.9 Å². The third-order valence-electron chi connectivity index (χ3n) is 4.81. The Bertz CT molecular complexity index is 509. The first kappa shape index (κ1) is 21.9. The SMILES string of the molecule is CCS(=O)(=O)N1CCN(C2CCCCCCC2)CC1.O=C(O)C(=O)O. The monoisotopic (exact) mass is 378 g/mol. The molecule has 0 radical (unpaired) electrons. The zero-order valence-electron chi connectivity index (χ0n) is 14.9. The van der Waals surface area contributed by atoms with Crippen molar-refractivity contribution in [2.45, 2.75) is 57.9 Å². The van der Waals surface area contributed by atoms with E-state index in [1.807, 2.05) is 0 Å². The molecule has 0 amide bonds. The molecule has 0 unspecified atom stereocenters. The van der Waals surface area contributed by atoms with Gasteiger partial charge in [0.15, 0.2) is 0 Å². The van der Waals surface area contributed by atoms with E-state index in [-0.39, 0.29) is 5.75 Å². The molecule has 0 bridgehead atoms. The molecule has 1 saturated heterocycles. The van der Waals surface area contributed by atoms with Crippen LogP contribution in [0, 0.1) is 0 Å². The van der Waals surface area contributed by atoms with E-state index in [1.54, 1.807) is 11.2 Å². The summed E-state index contributed by atoms with van der Waals surface area (Å²) in [6.45, 7) is 4.95. The Hall–Kier alpha value is -1.19. The average molecular weight is 378 g/mol. The van der Waals surface area contributed by atoms with Gasteiger partial charge in [-0.3, -0.25) is 4.90 Å². The molecule has 2 aliphatic rings. The lowest BCUT2D eigenvalue weighted by molar-refractivity contribution is -0.159. The molecule has 8 nitrogen and oxygen atoms in total. The molecular weight excluding hydrogens is 348 g/mol. The number of carbonyl (C=O) groups is 2. The lowest BCUT2D eigenvalue weighted by Crippen LogP contribution is -2.52. The molecule has 0 atom stereocenters. The summed E-state index contributed by atoms with van der Waals surface area (Å²) in [5.41, 5.74) is 0. The van der Waals surface area contributed by atoms with Crippen molar-refractivity contribution in [2.24, 2.45) is 0 Å². The van der Waals surface area contributed by atoms with Gasteiger partial charge in [-0.15, -0.1) is 0 Å². The van der Waals surface area contributed by atoms with Gasteiger partial charge < -0.3 is 10.2 Å². The van der Waals surface area contributed by atoms with Crippen LogP contribution in [0.5, 0.6) is 0 Å². The van der Waals surface area contributed by atoms with E-state index in [9.17, 15) is 8.42 Å². The minimum Gasteiger partial charge on any atom is -0.473 e. The highest BCUT2D eigenvalue weighted by molar-refractivity contribution is 7.89. The van der Waals surface area contributed by atoms with Gasteiger partial charge in [0.2, 0.25) is 10.0 Å². The lowest BCUT2D eigenvalue weighted by atomic mass is 9.95. The first-order chi connectivity index (χ1) is 11.8. The van der Waals surface area contributed by atoms with Gasteiger partial charge in [0.05, 0.1) is 5.75 Å². The molecule has 2 N–H and O–H groups in total. The van der Waals surface area contributed by atoms with Crippen molar-refractivity contribution >= 4 is 22.0 Å². The summed E-state index contributed by atoms with van der Waals surface area (Å²) < 4.78 is 25.4. The molecule has 146 valence electrons. The van der Waals surface area contributed by atoms with Gasteiger partial charge in [0.25, 0.3) is 0 Å². The zero-order chi connectivity index (χ0) is 18.9. The molecule has 0 aromatic heterocycles. The first-order valence-electron chi connectivity index (χ1n) is 8.96.